The van der Waals surface area contributed by atoms with Gasteiger partial charge in [-0.3, -0.25) is 4.79 Å². The van der Waals surface area contributed by atoms with Crippen LogP contribution in [0.5, 0.6) is 0 Å². The molecule has 3 saturated heterocycles. The molecule has 0 unspecified atom stereocenters. The maximum absolute atomic E-state index is 11.3. The van der Waals surface area contributed by atoms with E-state index in [9.17, 15) is 4.79 Å². The van der Waals surface area contributed by atoms with Crippen LogP contribution in [0.25, 0.3) is 0 Å². The average molecular weight is 178 g/mol. The van der Waals surface area contributed by atoms with Crippen molar-refractivity contribution in [2.24, 2.45) is 5.92 Å². The van der Waals surface area contributed by atoms with Gasteiger partial charge in [0.2, 0.25) is 0 Å². The van der Waals surface area contributed by atoms with Crippen molar-refractivity contribution in [1.29, 1.82) is 0 Å². The zero-order valence-electron chi connectivity index (χ0n) is 7.88. The maximum atomic E-state index is 11.3. The highest BCUT2D eigenvalue weighted by molar-refractivity contribution is 5.91. The highest BCUT2D eigenvalue weighted by atomic mass is 16.1. The molecule has 1 N–H and O–H groups in total. The van der Waals surface area contributed by atoms with Gasteiger partial charge in [0.25, 0.3) is 0 Å². The van der Waals surface area contributed by atoms with Crippen LogP contribution in [0.1, 0.15) is 25.7 Å². The molecular weight excluding hydrogens is 162 g/mol. The van der Waals surface area contributed by atoms with Gasteiger partial charge in [0.05, 0.1) is 13.1 Å². The Balaban J connectivity index is 1.98. The minimum atomic E-state index is 0.374. The fourth-order valence-corrected chi connectivity index (χ4v) is 3.32. The molecular formula is C11H16NO+. The molecule has 4 aliphatic rings. The lowest BCUT2D eigenvalue weighted by atomic mass is 9.74. The van der Waals surface area contributed by atoms with Gasteiger partial charge in [-0.05, 0) is 17.6 Å². The van der Waals surface area contributed by atoms with E-state index in [-0.39, 0.29) is 0 Å². The molecule has 4 rings (SSSR count). The van der Waals surface area contributed by atoms with Crippen molar-refractivity contribution in [2.45, 2.75) is 31.7 Å². The molecule has 3 heterocycles. The number of carbonyl (C=O) groups excluding carboxylic acids is 1. The van der Waals surface area contributed by atoms with Gasteiger partial charge in [-0.2, -0.15) is 0 Å². The lowest BCUT2D eigenvalue weighted by Gasteiger charge is -2.45. The Kier molecular flexibility index (Phi) is 1.59. The predicted molar refractivity (Wildman–Crippen MR) is 49.5 cm³/mol. The van der Waals surface area contributed by atoms with Crippen LogP contribution in [-0.2, 0) is 4.79 Å². The van der Waals surface area contributed by atoms with Crippen LogP contribution in [0.2, 0.25) is 0 Å². The number of quaternary nitrogens is 1. The van der Waals surface area contributed by atoms with E-state index in [0.29, 0.717) is 5.78 Å². The van der Waals surface area contributed by atoms with Gasteiger partial charge in [0, 0.05) is 25.7 Å². The number of ketones is 1. The summed E-state index contributed by atoms with van der Waals surface area (Å²) in [6, 6.07) is 0.727. The molecule has 0 amide bonds. The molecule has 3 fully saturated rings. The van der Waals surface area contributed by atoms with E-state index in [1.165, 1.54) is 31.5 Å². The topological polar surface area (TPSA) is 21.5 Å². The number of carbonyl (C=O) groups is 1. The Morgan fingerprint density at radius 2 is 2.00 bits per heavy atom. The van der Waals surface area contributed by atoms with E-state index in [1.54, 1.807) is 4.90 Å². The highest BCUT2D eigenvalue weighted by Crippen LogP contribution is 2.31. The van der Waals surface area contributed by atoms with Crippen molar-refractivity contribution < 1.29 is 9.69 Å². The molecule has 13 heavy (non-hydrogen) atoms. The normalized spacial score (nSPS) is 42.9. The molecule has 0 aromatic carbocycles. The number of piperidine rings is 3. The molecule has 3 aliphatic heterocycles. The molecule has 0 radical (unpaired) electrons. The van der Waals surface area contributed by atoms with E-state index in [0.717, 1.165) is 24.8 Å². The average Bonchev–Trinajstić information content (AvgIpc) is 2.19. The van der Waals surface area contributed by atoms with Gasteiger partial charge < -0.3 is 4.90 Å². The first-order valence-corrected chi connectivity index (χ1v) is 5.43. The SMILES string of the molecule is O=C1C=C2C3CC[NH+](CC3)[C@H]2CC1. The number of nitrogens with one attached hydrogen (secondary N) is 1. The molecule has 2 nitrogen and oxygen atoms in total. The van der Waals surface area contributed by atoms with Gasteiger partial charge in [0.15, 0.2) is 5.78 Å². The van der Waals surface area contributed by atoms with Crippen LogP contribution in [0.15, 0.2) is 11.6 Å². The van der Waals surface area contributed by atoms with Crippen LogP contribution in [-0.4, -0.2) is 24.9 Å². The minimum Gasteiger partial charge on any atom is -0.329 e. The minimum absolute atomic E-state index is 0.374. The summed E-state index contributed by atoms with van der Waals surface area (Å²) in [6.07, 6.45) is 6.54. The lowest BCUT2D eigenvalue weighted by Crippen LogP contribution is -3.19. The fourth-order valence-electron chi connectivity index (χ4n) is 3.32. The van der Waals surface area contributed by atoms with Gasteiger partial charge in [-0.1, -0.05) is 0 Å². The second kappa shape index (κ2) is 2.68. The fraction of sp³-hybridized carbons (Fsp3) is 0.727. The Hall–Kier alpha value is -0.630. The van der Waals surface area contributed by atoms with Crippen LogP contribution < -0.4 is 4.90 Å². The monoisotopic (exact) mass is 178 g/mol. The standard InChI is InChI=1S/C11H15NO/c13-9-1-2-11-10(7-9)8-3-5-12(11)6-4-8/h7-8,11H,1-6H2/p+1/t11-/m0/s1. The molecule has 0 saturated carbocycles. The third kappa shape index (κ3) is 1.08. The van der Waals surface area contributed by atoms with Gasteiger partial charge in [-0.25, -0.2) is 0 Å². The summed E-state index contributed by atoms with van der Waals surface area (Å²) in [5, 5.41) is 0. The lowest BCUT2D eigenvalue weighted by molar-refractivity contribution is -0.934. The summed E-state index contributed by atoms with van der Waals surface area (Å²) in [6.45, 7) is 2.70. The van der Waals surface area contributed by atoms with Crippen molar-refractivity contribution in [3.8, 4) is 0 Å². The maximum Gasteiger partial charge on any atom is 0.156 e. The summed E-state index contributed by atoms with van der Waals surface area (Å²) in [5.74, 6) is 1.14. The second-order valence-corrected chi connectivity index (χ2v) is 4.63. The molecule has 1 atom stereocenters. The van der Waals surface area contributed by atoms with Crippen LogP contribution in [0.4, 0.5) is 0 Å². The largest absolute Gasteiger partial charge is 0.329 e. The molecule has 0 aromatic heterocycles. The zero-order valence-corrected chi connectivity index (χ0v) is 7.88. The second-order valence-electron chi connectivity index (χ2n) is 4.63. The number of rotatable bonds is 0. The van der Waals surface area contributed by atoms with E-state index < -0.39 is 0 Å². The molecule has 1 aliphatic carbocycles. The first kappa shape index (κ1) is 7.74. The third-order valence-electron chi connectivity index (χ3n) is 4.00. The van der Waals surface area contributed by atoms with Crippen LogP contribution in [0, 0.1) is 5.92 Å². The van der Waals surface area contributed by atoms with Crippen molar-refractivity contribution in [2.75, 3.05) is 13.1 Å². The molecule has 0 spiro atoms. The number of allylic oxidation sites excluding steroid dienone is 1. The van der Waals surface area contributed by atoms with Crippen LogP contribution >= 0.6 is 0 Å². The molecule has 0 aromatic rings. The smallest absolute Gasteiger partial charge is 0.156 e. The molecule has 70 valence electrons. The Labute approximate surface area is 78.6 Å². The summed E-state index contributed by atoms with van der Waals surface area (Å²) >= 11 is 0. The van der Waals surface area contributed by atoms with E-state index in [1.807, 2.05) is 6.08 Å². The Bertz CT molecular complexity index is 274. The zero-order chi connectivity index (χ0) is 8.84. The summed E-state index contributed by atoms with van der Waals surface area (Å²) in [4.78, 5) is 13.1. The van der Waals surface area contributed by atoms with Crippen molar-refractivity contribution in [3.63, 3.8) is 0 Å². The first-order valence-electron chi connectivity index (χ1n) is 5.43. The number of fused-ring (bicyclic) bond motifs is 2. The van der Waals surface area contributed by atoms with E-state index in [4.69, 9.17) is 0 Å². The number of hydrogen-bond donors (Lipinski definition) is 1. The summed E-state index contributed by atoms with van der Waals surface area (Å²) < 4.78 is 0. The van der Waals surface area contributed by atoms with Gasteiger partial charge >= 0.3 is 0 Å². The Morgan fingerprint density at radius 1 is 1.23 bits per heavy atom. The van der Waals surface area contributed by atoms with Crippen molar-refractivity contribution in [1.82, 2.24) is 0 Å². The first-order chi connectivity index (χ1) is 6.34. The predicted octanol–water partition coefficient (Wildman–Crippen LogP) is -0.0472. The third-order valence-corrected chi connectivity index (χ3v) is 4.00. The summed E-state index contributed by atoms with van der Waals surface area (Å²) in [5.41, 5.74) is 1.50. The summed E-state index contributed by atoms with van der Waals surface area (Å²) in [7, 11) is 0. The molecule has 2 bridgehead atoms. The van der Waals surface area contributed by atoms with Crippen molar-refractivity contribution >= 4 is 5.78 Å². The highest BCUT2D eigenvalue weighted by Gasteiger charge is 2.42. The van der Waals surface area contributed by atoms with Gasteiger partial charge in [-0.15, -0.1) is 0 Å². The number of hydrogen-bond acceptors (Lipinski definition) is 1. The van der Waals surface area contributed by atoms with Crippen molar-refractivity contribution in [3.05, 3.63) is 11.6 Å². The quantitative estimate of drug-likeness (QED) is 0.552. The van der Waals surface area contributed by atoms with Crippen LogP contribution in [0.3, 0.4) is 0 Å². The molecule has 2 heteroatoms. The van der Waals surface area contributed by atoms with E-state index in [2.05, 4.69) is 0 Å². The van der Waals surface area contributed by atoms with E-state index >= 15 is 0 Å². The Morgan fingerprint density at radius 3 is 2.77 bits per heavy atom. The van der Waals surface area contributed by atoms with Gasteiger partial charge in [0.1, 0.15) is 6.04 Å².